The lowest BCUT2D eigenvalue weighted by Gasteiger charge is -2.09. The summed E-state index contributed by atoms with van der Waals surface area (Å²) >= 11 is 0. The molecule has 0 aliphatic carbocycles. The normalized spacial score (nSPS) is 11.0. The second-order valence-corrected chi connectivity index (χ2v) is 5.77. The van der Waals surface area contributed by atoms with Crippen molar-refractivity contribution in [2.45, 2.75) is 11.8 Å². The van der Waals surface area contributed by atoms with Gasteiger partial charge in [-0.1, -0.05) is 0 Å². The number of aromatic nitrogens is 2. The largest absolute Gasteiger partial charge is 0.491 e. The van der Waals surface area contributed by atoms with Crippen molar-refractivity contribution in [2.75, 3.05) is 18.4 Å². The number of anilines is 1. The van der Waals surface area contributed by atoms with Crippen LogP contribution < -0.4 is 14.2 Å². The second-order valence-electron chi connectivity index (χ2n) is 4.09. The van der Waals surface area contributed by atoms with E-state index in [1.807, 2.05) is 0 Å². The van der Waals surface area contributed by atoms with Gasteiger partial charge in [0.2, 0.25) is 0 Å². The predicted octanol–water partition coefficient (Wildman–Crippen LogP) is 1.82. The maximum absolute atomic E-state index is 13.7. The molecular formula is C13H14FN3O4S. The Labute approximate surface area is 127 Å². The van der Waals surface area contributed by atoms with Gasteiger partial charge in [0, 0.05) is 0 Å². The molecule has 2 rings (SSSR count). The summed E-state index contributed by atoms with van der Waals surface area (Å²) in [7, 11) is -2.56. The highest BCUT2D eigenvalue weighted by Gasteiger charge is 2.17. The van der Waals surface area contributed by atoms with Gasteiger partial charge in [0.05, 0.1) is 36.7 Å². The minimum atomic E-state index is -3.95. The third kappa shape index (κ3) is 3.61. The number of nitrogens with one attached hydrogen (secondary N) is 1. The maximum atomic E-state index is 13.7. The Hall–Kier alpha value is -2.42. The van der Waals surface area contributed by atoms with E-state index < -0.39 is 15.8 Å². The summed E-state index contributed by atoms with van der Waals surface area (Å²) in [6.45, 7) is 1.99. The van der Waals surface area contributed by atoms with Crippen LogP contribution in [0.4, 0.5) is 10.1 Å². The molecule has 22 heavy (non-hydrogen) atoms. The van der Waals surface area contributed by atoms with E-state index in [1.54, 1.807) is 6.92 Å². The van der Waals surface area contributed by atoms with E-state index >= 15 is 0 Å². The number of benzene rings is 1. The lowest BCUT2D eigenvalue weighted by Crippen LogP contribution is -2.14. The molecule has 0 bridgehead atoms. The Balaban J connectivity index is 2.24. The third-order valence-electron chi connectivity index (χ3n) is 2.58. The molecule has 0 radical (unpaired) electrons. The summed E-state index contributed by atoms with van der Waals surface area (Å²) < 4.78 is 50.1. The fourth-order valence-corrected chi connectivity index (χ4v) is 2.65. The molecule has 0 saturated carbocycles. The quantitative estimate of drug-likeness (QED) is 0.870. The van der Waals surface area contributed by atoms with Gasteiger partial charge in [0.1, 0.15) is 0 Å². The van der Waals surface area contributed by atoms with Gasteiger partial charge in [0.25, 0.3) is 10.0 Å². The molecule has 1 aromatic carbocycles. The number of hydrogen-bond acceptors (Lipinski definition) is 6. The van der Waals surface area contributed by atoms with Crippen molar-refractivity contribution in [1.29, 1.82) is 0 Å². The number of ether oxygens (including phenoxy) is 2. The molecule has 7 nitrogen and oxygen atoms in total. The molecule has 118 valence electrons. The molecule has 1 N–H and O–H groups in total. The summed E-state index contributed by atoms with van der Waals surface area (Å²) in [5.74, 6) is -0.759. The molecule has 1 heterocycles. The van der Waals surface area contributed by atoms with Crippen molar-refractivity contribution >= 4 is 15.7 Å². The lowest BCUT2D eigenvalue weighted by atomic mass is 10.3. The molecule has 0 aliphatic rings. The zero-order chi connectivity index (χ0) is 16.2. The predicted molar refractivity (Wildman–Crippen MR) is 77.0 cm³/mol. The minimum Gasteiger partial charge on any atom is -0.491 e. The summed E-state index contributed by atoms with van der Waals surface area (Å²) in [5, 5.41) is 0. The summed E-state index contributed by atoms with van der Waals surface area (Å²) in [6, 6.07) is 3.51. The van der Waals surface area contributed by atoms with Gasteiger partial charge < -0.3 is 9.47 Å². The summed E-state index contributed by atoms with van der Waals surface area (Å²) in [5.41, 5.74) is 0.134. The minimum absolute atomic E-state index is 0.00534. The molecule has 0 aliphatic heterocycles. The highest BCUT2D eigenvalue weighted by molar-refractivity contribution is 7.92. The molecule has 0 saturated heterocycles. The topological polar surface area (TPSA) is 90.4 Å². The van der Waals surface area contributed by atoms with E-state index in [4.69, 9.17) is 9.47 Å². The van der Waals surface area contributed by atoms with Crippen molar-refractivity contribution in [3.8, 4) is 11.8 Å². The van der Waals surface area contributed by atoms with Crippen LogP contribution in [-0.4, -0.2) is 32.1 Å². The average Bonchev–Trinajstić information content (AvgIpc) is 2.50. The van der Waals surface area contributed by atoms with Gasteiger partial charge >= 0.3 is 6.01 Å². The van der Waals surface area contributed by atoms with Crippen LogP contribution in [0.5, 0.6) is 11.8 Å². The van der Waals surface area contributed by atoms with E-state index in [-0.39, 0.29) is 28.9 Å². The van der Waals surface area contributed by atoms with Crippen LogP contribution >= 0.6 is 0 Å². The molecule has 2 aromatic rings. The van der Waals surface area contributed by atoms with Crippen molar-refractivity contribution in [3.05, 3.63) is 36.4 Å². The number of hydrogen-bond donors (Lipinski definition) is 1. The van der Waals surface area contributed by atoms with Gasteiger partial charge in [0.15, 0.2) is 11.6 Å². The molecule has 0 unspecified atom stereocenters. The van der Waals surface area contributed by atoms with Gasteiger partial charge in [-0.2, -0.15) is 0 Å². The van der Waals surface area contributed by atoms with Crippen LogP contribution in [0.2, 0.25) is 0 Å². The number of sulfonamides is 1. The Morgan fingerprint density at radius 3 is 2.50 bits per heavy atom. The highest BCUT2D eigenvalue weighted by Crippen LogP contribution is 2.22. The van der Waals surface area contributed by atoms with Crippen LogP contribution in [0.3, 0.4) is 0 Å². The van der Waals surface area contributed by atoms with Crippen molar-refractivity contribution < 1.29 is 22.3 Å². The average molecular weight is 327 g/mol. The van der Waals surface area contributed by atoms with Crippen LogP contribution in [0.25, 0.3) is 0 Å². The third-order valence-corrected chi connectivity index (χ3v) is 3.96. The Morgan fingerprint density at radius 1 is 1.27 bits per heavy atom. The lowest BCUT2D eigenvalue weighted by molar-refractivity contribution is 0.321. The molecule has 0 amide bonds. The number of halogens is 1. The van der Waals surface area contributed by atoms with Gasteiger partial charge in [-0.25, -0.2) is 22.8 Å². The molecule has 9 heteroatoms. The molecular weight excluding hydrogens is 313 g/mol. The number of rotatable bonds is 6. The van der Waals surface area contributed by atoms with Crippen molar-refractivity contribution in [1.82, 2.24) is 9.97 Å². The van der Waals surface area contributed by atoms with E-state index in [9.17, 15) is 12.8 Å². The van der Waals surface area contributed by atoms with Gasteiger partial charge in [-0.05, 0) is 25.1 Å². The first kappa shape index (κ1) is 16.0. The van der Waals surface area contributed by atoms with Crippen molar-refractivity contribution in [2.24, 2.45) is 0 Å². The van der Waals surface area contributed by atoms with Crippen molar-refractivity contribution in [3.63, 3.8) is 0 Å². The van der Waals surface area contributed by atoms with Crippen LogP contribution in [0.1, 0.15) is 6.92 Å². The second kappa shape index (κ2) is 6.56. The van der Waals surface area contributed by atoms with Crippen LogP contribution in [-0.2, 0) is 10.0 Å². The first-order valence-corrected chi connectivity index (χ1v) is 7.76. The molecule has 0 atom stereocenters. The fraction of sp³-hybridized carbons (Fsp3) is 0.231. The van der Waals surface area contributed by atoms with E-state index in [1.165, 1.54) is 31.6 Å². The molecule has 1 aromatic heterocycles. The summed E-state index contributed by atoms with van der Waals surface area (Å²) in [6.07, 6.45) is 2.49. The smallest absolute Gasteiger partial charge is 0.316 e. The Bertz CT molecular complexity index is 750. The Kier molecular flexibility index (Phi) is 4.76. The zero-order valence-electron chi connectivity index (χ0n) is 11.9. The number of nitrogens with zero attached hydrogens (tertiary/aromatic N) is 2. The Morgan fingerprint density at radius 2 is 1.95 bits per heavy atom. The van der Waals surface area contributed by atoms with Gasteiger partial charge in [-0.3, -0.25) is 4.72 Å². The fourth-order valence-electron chi connectivity index (χ4n) is 1.61. The highest BCUT2D eigenvalue weighted by atomic mass is 32.2. The molecule has 0 spiro atoms. The van der Waals surface area contributed by atoms with E-state index in [0.29, 0.717) is 0 Å². The first-order chi connectivity index (χ1) is 10.5. The van der Waals surface area contributed by atoms with E-state index in [2.05, 4.69) is 14.7 Å². The SMILES string of the molecule is CCOc1ccc(S(=O)(=O)Nc2cnc(OC)nc2)cc1F. The van der Waals surface area contributed by atoms with Gasteiger partial charge in [-0.15, -0.1) is 0 Å². The first-order valence-electron chi connectivity index (χ1n) is 6.27. The van der Waals surface area contributed by atoms with Crippen LogP contribution in [0.15, 0.2) is 35.5 Å². The standard InChI is InChI=1S/C13H14FN3O4S/c1-3-21-12-5-4-10(6-11(12)14)22(18,19)17-9-7-15-13(20-2)16-8-9/h4-8,17H,3H2,1-2H3. The maximum Gasteiger partial charge on any atom is 0.316 e. The van der Waals surface area contributed by atoms with Crippen LogP contribution in [0, 0.1) is 5.82 Å². The molecule has 0 fully saturated rings. The number of methoxy groups -OCH3 is 1. The monoisotopic (exact) mass is 327 g/mol. The van der Waals surface area contributed by atoms with E-state index in [0.717, 1.165) is 6.07 Å². The zero-order valence-corrected chi connectivity index (χ0v) is 12.7. The summed E-state index contributed by atoms with van der Waals surface area (Å²) in [4.78, 5) is 7.32.